The summed E-state index contributed by atoms with van der Waals surface area (Å²) in [4.78, 5) is 16.5. The fraction of sp³-hybridized carbons (Fsp3) is 0.400. The summed E-state index contributed by atoms with van der Waals surface area (Å²) in [6, 6.07) is 9.16. The lowest BCUT2D eigenvalue weighted by atomic mass is 10.1. The number of hydroxylamine groups is 2. The van der Waals surface area contributed by atoms with Gasteiger partial charge in [-0.3, -0.25) is 4.79 Å². The minimum Gasteiger partial charge on any atom is -0.367 e. The van der Waals surface area contributed by atoms with Crippen molar-refractivity contribution in [3.63, 3.8) is 0 Å². The van der Waals surface area contributed by atoms with Crippen molar-refractivity contribution in [3.8, 4) is 12.3 Å². The van der Waals surface area contributed by atoms with Crippen LogP contribution in [0.1, 0.15) is 12.5 Å². The first-order valence-electron chi connectivity index (χ1n) is 6.35. The smallest absolute Gasteiger partial charge is 0.322 e. The highest BCUT2D eigenvalue weighted by atomic mass is 16.7. The van der Waals surface area contributed by atoms with E-state index in [4.69, 9.17) is 20.7 Å². The van der Waals surface area contributed by atoms with Gasteiger partial charge in [0.25, 0.3) is 0 Å². The van der Waals surface area contributed by atoms with Gasteiger partial charge < -0.3 is 14.3 Å². The zero-order valence-corrected chi connectivity index (χ0v) is 11.3. The van der Waals surface area contributed by atoms with Gasteiger partial charge in [-0.1, -0.05) is 36.3 Å². The highest BCUT2D eigenvalue weighted by Gasteiger charge is 2.32. The van der Waals surface area contributed by atoms with Gasteiger partial charge in [-0.15, -0.1) is 11.5 Å². The van der Waals surface area contributed by atoms with Crippen molar-refractivity contribution in [1.82, 2.24) is 5.06 Å². The third kappa shape index (κ3) is 3.81. The summed E-state index contributed by atoms with van der Waals surface area (Å²) in [5, 5.41) is 1.47. The topological polar surface area (TPSA) is 48.0 Å². The molecule has 0 saturated carbocycles. The van der Waals surface area contributed by atoms with Crippen LogP contribution in [0.2, 0.25) is 0 Å². The Morgan fingerprint density at radius 1 is 1.55 bits per heavy atom. The maximum absolute atomic E-state index is 11.3. The Labute approximate surface area is 118 Å². The van der Waals surface area contributed by atoms with Crippen molar-refractivity contribution < 1.29 is 19.1 Å². The van der Waals surface area contributed by atoms with E-state index in [2.05, 4.69) is 5.92 Å². The number of carbonyl (C=O) groups is 1. The van der Waals surface area contributed by atoms with Crippen LogP contribution >= 0.6 is 0 Å². The largest absolute Gasteiger partial charge is 0.367 e. The Morgan fingerprint density at radius 3 is 2.85 bits per heavy atom. The van der Waals surface area contributed by atoms with Crippen LogP contribution in [0, 0.1) is 12.3 Å². The number of hydrogen-bond donors (Lipinski definition) is 0. The molecule has 1 saturated heterocycles. The number of terminal acetylenes is 1. The summed E-state index contributed by atoms with van der Waals surface area (Å²) >= 11 is 0. The molecule has 1 aromatic rings. The molecule has 0 bridgehead atoms. The van der Waals surface area contributed by atoms with E-state index in [1.54, 1.807) is 0 Å². The molecule has 1 aliphatic rings. The van der Waals surface area contributed by atoms with Crippen LogP contribution in [0.4, 0.5) is 0 Å². The van der Waals surface area contributed by atoms with E-state index in [0.717, 1.165) is 5.56 Å². The molecule has 0 unspecified atom stereocenters. The highest BCUT2D eigenvalue weighted by Crippen LogP contribution is 2.17. The lowest BCUT2D eigenvalue weighted by Gasteiger charge is -2.28. The van der Waals surface area contributed by atoms with E-state index in [-0.39, 0.29) is 12.9 Å². The van der Waals surface area contributed by atoms with Gasteiger partial charge in [0, 0.05) is 6.92 Å². The highest BCUT2D eigenvalue weighted by molar-refractivity contribution is 5.65. The summed E-state index contributed by atoms with van der Waals surface area (Å²) in [5.74, 6) is 2.20. The molecule has 1 aliphatic heterocycles. The van der Waals surface area contributed by atoms with Crippen LogP contribution in [0.3, 0.4) is 0 Å². The van der Waals surface area contributed by atoms with Gasteiger partial charge in [-0.25, -0.2) is 0 Å². The number of hydrogen-bond acceptors (Lipinski definition) is 5. The van der Waals surface area contributed by atoms with Crippen molar-refractivity contribution in [1.29, 1.82) is 0 Å². The van der Waals surface area contributed by atoms with Crippen molar-refractivity contribution in [3.05, 3.63) is 35.9 Å². The Kier molecular flexibility index (Phi) is 5.13. The van der Waals surface area contributed by atoms with Crippen molar-refractivity contribution in [2.24, 2.45) is 0 Å². The minimum absolute atomic E-state index is 0.210. The molecule has 0 aliphatic carbocycles. The van der Waals surface area contributed by atoms with Crippen LogP contribution in [-0.2, 0) is 25.7 Å². The number of rotatable bonds is 5. The van der Waals surface area contributed by atoms with Gasteiger partial charge in [0.05, 0.1) is 13.2 Å². The third-order valence-corrected chi connectivity index (χ3v) is 2.91. The molecule has 1 heterocycles. The maximum Gasteiger partial charge on any atom is 0.322 e. The lowest BCUT2D eigenvalue weighted by molar-refractivity contribution is -0.205. The molecule has 2 rings (SSSR count). The van der Waals surface area contributed by atoms with E-state index in [9.17, 15) is 4.79 Å². The standard InChI is InChI=1S/C15H17NO4/c1-3-14(15-10-18-11-19-15)16(20-12(2)17)9-13-7-5-4-6-8-13/h1,4-8,14-15H,9-11H2,2H3/t14-,15-/m1/s1. The van der Waals surface area contributed by atoms with E-state index in [1.165, 1.54) is 12.0 Å². The first-order chi connectivity index (χ1) is 9.70. The zero-order valence-electron chi connectivity index (χ0n) is 11.3. The van der Waals surface area contributed by atoms with Crippen LogP contribution < -0.4 is 0 Å². The quantitative estimate of drug-likeness (QED) is 0.599. The molecule has 20 heavy (non-hydrogen) atoms. The molecular weight excluding hydrogens is 258 g/mol. The van der Waals surface area contributed by atoms with Gasteiger partial charge in [-0.05, 0) is 5.56 Å². The van der Waals surface area contributed by atoms with Crippen molar-refractivity contribution >= 4 is 5.97 Å². The average Bonchev–Trinajstić information content (AvgIpc) is 2.94. The summed E-state index contributed by atoms with van der Waals surface area (Å²) in [7, 11) is 0. The number of benzene rings is 1. The van der Waals surface area contributed by atoms with E-state index < -0.39 is 12.0 Å². The molecule has 5 heteroatoms. The van der Waals surface area contributed by atoms with Crippen LogP contribution in [0.15, 0.2) is 30.3 Å². The second kappa shape index (κ2) is 7.06. The first kappa shape index (κ1) is 14.5. The van der Waals surface area contributed by atoms with Gasteiger partial charge in [-0.2, -0.15) is 0 Å². The lowest BCUT2D eigenvalue weighted by Crippen LogP contribution is -2.44. The van der Waals surface area contributed by atoms with Crippen LogP contribution in [0.5, 0.6) is 0 Å². The predicted octanol–water partition coefficient (Wildman–Crippen LogP) is 1.34. The molecule has 106 valence electrons. The SMILES string of the molecule is C#C[C@H]([C@H]1COCO1)N(Cc1ccccc1)OC(C)=O. The van der Waals surface area contributed by atoms with Crippen LogP contribution in [0.25, 0.3) is 0 Å². The average molecular weight is 275 g/mol. The first-order valence-corrected chi connectivity index (χ1v) is 6.35. The molecule has 1 fully saturated rings. The summed E-state index contributed by atoms with van der Waals surface area (Å²) in [6.07, 6.45) is 5.26. The Balaban J connectivity index is 2.13. The third-order valence-electron chi connectivity index (χ3n) is 2.91. The van der Waals surface area contributed by atoms with E-state index in [0.29, 0.717) is 13.2 Å². The summed E-state index contributed by atoms with van der Waals surface area (Å²) in [5.41, 5.74) is 0.993. The van der Waals surface area contributed by atoms with Crippen LogP contribution in [-0.4, -0.2) is 36.6 Å². The summed E-state index contributed by atoms with van der Waals surface area (Å²) in [6.45, 7) is 2.34. The molecule has 0 N–H and O–H groups in total. The predicted molar refractivity (Wildman–Crippen MR) is 72.1 cm³/mol. The van der Waals surface area contributed by atoms with Gasteiger partial charge >= 0.3 is 5.97 Å². The second-order valence-electron chi connectivity index (χ2n) is 4.45. The fourth-order valence-corrected chi connectivity index (χ4v) is 2.02. The molecule has 0 amide bonds. The molecule has 1 aromatic carbocycles. The number of ether oxygens (including phenoxy) is 2. The minimum atomic E-state index is -0.485. The maximum atomic E-state index is 11.3. The van der Waals surface area contributed by atoms with Gasteiger partial charge in [0.1, 0.15) is 18.9 Å². The Hall–Kier alpha value is -1.87. The van der Waals surface area contributed by atoms with E-state index in [1.807, 2.05) is 30.3 Å². The number of nitrogens with zero attached hydrogens (tertiary/aromatic N) is 1. The van der Waals surface area contributed by atoms with Crippen molar-refractivity contribution in [2.75, 3.05) is 13.4 Å². The molecule has 0 spiro atoms. The molecule has 5 nitrogen and oxygen atoms in total. The van der Waals surface area contributed by atoms with E-state index >= 15 is 0 Å². The van der Waals surface area contributed by atoms with Gasteiger partial charge in [0.2, 0.25) is 0 Å². The second-order valence-corrected chi connectivity index (χ2v) is 4.45. The van der Waals surface area contributed by atoms with Crippen molar-refractivity contribution in [2.45, 2.75) is 25.6 Å². The fourth-order valence-electron chi connectivity index (χ4n) is 2.02. The number of carbonyl (C=O) groups excluding carboxylic acids is 1. The van der Waals surface area contributed by atoms with Gasteiger partial charge in [0.15, 0.2) is 0 Å². The molecule has 2 atom stereocenters. The Bertz CT molecular complexity index is 476. The summed E-state index contributed by atoms with van der Waals surface area (Å²) < 4.78 is 10.6. The monoisotopic (exact) mass is 275 g/mol. The molecular formula is C15H17NO4. The molecule has 0 radical (unpaired) electrons. The normalized spacial score (nSPS) is 19.6. The Morgan fingerprint density at radius 2 is 2.30 bits per heavy atom. The zero-order chi connectivity index (χ0) is 14.4. The molecule has 0 aromatic heterocycles.